The molecule has 1 aromatic heterocycles. The van der Waals surface area contributed by atoms with Crippen LogP contribution in [-0.2, 0) is 16.9 Å². The maximum Gasteiger partial charge on any atom is 0.137 e. The minimum atomic E-state index is -0.649. The molecule has 3 aromatic rings. The first kappa shape index (κ1) is 17.7. The number of benzene rings is 2. The standard InChI is InChI=1S/C18H17Cl2N3O2/c1-18(24-2,10-23-12-21-11-22-23)16-8-7-15(9-17(16)20)25-14-5-3-13(19)4-6-14/h3-9,11-12H,10H2,1-2H3/t18-/m0/s1. The Labute approximate surface area is 156 Å². The fourth-order valence-electron chi connectivity index (χ4n) is 2.51. The van der Waals surface area contributed by atoms with Gasteiger partial charge in [0.1, 0.15) is 29.8 Å². The van der Waals surface area contributed by atoms with Gasteiger partial charge < -0.3 is 9.47 Å². The van der Waals surface area contributed by atoms with Crippen molar-refractivity contribution in [2.75, 3.05) is 7.11 Å². The molecule has 5 nitrogen and oxygen atoms in total. The maximum atomic E-state index is 6.50. The van der Waals surface area contributed by atoms with Crippen LogP contribution in [0.15, 0.2) is 55.1 Å². The van der Waals surface area contributed by atoms with Gasteiger partial charge in [0.05, 0.1) is 11.6 Å². The molecular weight excluding hydrogens is 361 g/mol. The van der Waals surface area contributed by atoms with Crippen molar-refractivity contribution < 1.29 is 9.47 Å². The van der Waals surface area contributed by atoms with Crippen LogP contribution in [0.3, 0.4) is 0 Å². The van der Waals surface area contributed by atoms with Gasteiger partial charge in [-0.15, -0.1) is 0 Å². The molecule has 130 valence electrons. The van der Waals surface area contributed by atoms with Crippen LogP contribution in [-0.4, -0.2) is 21.9 Å². The summed E-state index contributed by atoms with van der Waals surface area (Å²) in [5, 5.41) is 5.34. The zero-order chi connectivity index (χ0) is 17.9. The second-order valence-corrected chi connectivity index (χ2v) is 6.57. The summed E-state index contributed by atoms with van der Waals surface area (Å²) in [5.41, 5.74) is 0.194. The van der Waals surface area contributed by atoms with E-state index in [9.17, 15) is 0 Å². The predicted molar refractivity (Wildman–Crippen MR) is 97.4 cm³/mol. The summed E-state index contributed by atoms with van der Waals surface area (Å²) < 4.78 is 13.2. The Hall–Kier alpha value is -2.08. The SMILES string of the molecule is CO[C@@](C)(Cn1cncn1)c1ccc(Oc2ccc(Cl)cc2)cc1Cl. The van der Waals surface area contributed by atoms with E-state index >= 15 is 0 Å². The fraction of sp³-hybridized carbons (Fsp3) is 0.222. The monoisotopic (exact) mass is 377 g/mol. The van der Waals surface area contributed by atoms with Gasteiger partial charge in [0.25, 0.3) is 0 Å². The third kappa shape index (κ3) is 4.12. The minimum absolute atomic E-state index is 0.487. The summed E-state index contributed by atoms with van der Waals surface area (Å²) >= 11 is 12.4. The first-order chi connectivity index (χ1) is 12.0. The number of hydrogen-bond donors (Lipinski definition) is 0. The van der Waals surface area contributed by atoms with Crippen molar-refractivity contribution in [3.63, 3.8) is 0 Å². The van der Waals surface area contributed by atoms with Crippen molar-refractivity contribution in [2.24, 2.45) is 0 Å². The van der Waals surface area contributed by atoms with Crippen molar-refractivity contribution in [1.29, 1.82) is 0 Å². The minimum Gasteiger partial charge on any atom is -0.457 e. The van der Waals surface area contributed by atoms with E-state index in [0.29, 0.717) is 28.1 Å². The smallest absolute Gasteiger partial charge is 0.137 e. The molecule has 0 aliphatic heterocycles. The molecular formula is C18H17Cl2N3O2. The molecule has 25 heavy (non-hydrogen) atoms. The van der Waals surface area contributed by atoms with Crippen LogP contribution in [0.1, 0.15) is 12.5 Å². The van der Waals surface area contributed by atoms with Crippen molar-refractivity contribution in [3.8, 4) is 11.5 Å². The van der Waals surface area contributed by atoms with Gasteiger partial charge in [0.15, 0.2) is 0 Å². The highest BCUT2D eigenvalue weighted by atomic mass is 35.5. The second-order valence-electron chi connectivity index (χ2n) is 5.73. The van der Waals surface area contributed by atoms with Gasteiger partial charge in [-0.05, 0) is 43.3 Å². The van der Waals surface area contributed by atoms with Gasteiger partial charge in [0.2, 0.25) is 0 Å². The number of aromatic nitrogens is 3. The molecule has 2 aromatic carbocycles. The van der Waals surface area contributed by atoms with Crippen LogP contribution < -0.4 is 4.74 Å². The average Bonchev–Trinajstić information content (AvgIpc) is 3.09. The summed E-state index contributed by atoms with van der Waals surface area (Å²) in [4.78, 5) is 3.96. The summed E-state index contributed by atoms with van der Waals surface area (Å²) in [7, 11) is 1.64. The van der Waals surface area contributed by atoms with Crippen molar-refractivity contribution in [3.05, 3.63) is 70.7 Å². The topological polar surface area (TPSA) is 49.2 Å². The van der Waals surface area contributed by atoms with Crippen LogP contribution in [0.5, 0.6) is 11.5 Å². The molecule has 0 saturated carbocycles. The molecule has 0 unspecified atom stereocenters. The molecule has 1 atom stereocenters. The predicted octanol–water partition coefficient (Wildman–Crippen LogP) is 4.94. The van der Waals surface area contributed by atoms with Gasteiger partial charge in [-0.1, -0.05) is 29.3 Å². The summed E-state index contributed by atoms with van der Waals surface area (Å²) in [6, 6.07) is 12.7. The van der Waals surface area contributed by atoms with Gasteiger partial charge in [-0.2, -0.15) is 5.10 Å². The van der Waals surface area contributed by atoms with Crippen LogP contribution in [0.4, 0.5) is 0 Å². The van der Waals surface area contributed by atoms with Gasteiger partial charge in [-0.3, -0.25) is 0 Å². The molecule has 0 N–H and O–H groups in total. The van der Waals surface area contributed by atoms with Crippen LogP contribution in [0, 0.1) is 0 Å². The van der Waals surface area contributed by atoms with Crippen molar-refractivity contribution in [1.82, 2.24) is 14.8 Å². The van der Waals surface area contributed by atoms with Crippen LogP contribution >= 0.6 is 23.2 Å². The quantitative estimate of drug-likeness (QED) is 0.610. The molecule has 0 saturated heterocycles. The van der Waals surface area contributed by atoms with Crippen LogP contribution in [0.25, 0.3) is 0 Å². The molecule has 0 spiro atoms. The number of hydrogen-bond acceptors (Lipinski definition) is 4. The highest BCUT2D eigenvalue weighted by Gasteiger charge is 2.30. The number of nitrogens with zero attached hydrogens (tertiary/aromatic N) is 3. The second kappa shape index (κ2) is 7.44. The van der Waals surface area contributed by atoms with E-state index in [1.165, 1.54) is 6.33 Å². The Bertz CT molecular complexity index is 838. The molecule has 1 heterocycles. The lowest BCUT2D eigenvalue weighted by atomic mass is 9.95. The first-order valence-electron chi connectivity index (χ1n) is 7.61. The van der Waals surface area contributed by atoms with Crippen LogP contribution in [0.2, 0.25) is 10.0 Å². The Morgan fingerprint density at radius 2 is 1.80 bits per heavy atom. The van der Waals surface area contributed by atoms with E-state index in [1.807, 2.05) is 19.1 Å². The van der Waals surface area contributed by atoms with E-state index in [0.717, 1.165) is 5.56 Å². The third-order valence-corrected chi connectivity index (χ3v) is 4.51. The lowest BCUT2D eigenvalue weighted by Gasteiger charge is -2.29. The van der Waals surface area contributed by atoms with Crippen molar-refractivity contribution >= 4 is 23.2 Å². The normalized spacial score (nSPS) is 13.4. The lowest BCUT2D eigenvalue weighted by Crippen LogP contribution is -2.31. The van der Waals surface area contributed by atoms with Gasteiger partial charge in [-0.25, -0.2) is 9.67 Å². The maximum absolute atomic E-state index is 6.50. The summed E-state index contributed by atoms with van der Waals surface area (Å²) in [6.45, 7) is 2.44. The Morgan fingerprint density at radius 1 is 1.08 bits per heavy atom. The third-order valence-electron chi connectivity index (χ3n) is 3.94. The fourth-order valence-corrected chi connectivity index (χ4v) is 3.01. The molecule has 0 fully saturated rings. The van der Waals surface area contributed by atoms with E-state index in [2.05, 4.69) is 10.1 Å². The number of methoxy groups -OCH3 is 1. The average molecular weight is 378 g/mol. The highest BCUT2D eigenvalue weighted by Crippen LogP contribution is 2.35. The van der Waals surface area contributed by atoms with E-state index in [-0.39, 0.29) is 0 Å². The molecule has 3 rings (SSSR count). The largest absolute Gasteiger partial charge is 0.457 e. The van der Waals surface area contributed by atoms with E-state index in [1.54, 1.807) is 48.5 Å². The Balaban J connectivity index is 1.83. The van der Waals surface area contributed by atoms with E-state index in [4.69, 9.17) is 32.7 Å². The van der Waals surface area contributed by atoms with Gasteiger partial charge >= 0.3 is 0 Å². The number of halogens is 2. The molecule has 0 amide bonds. The molecule has 0 radical (unpaired) electrons. The highest BCUT2D eigenvalue weighted by molar-refractivity contribution is 6.31. The Kier molecular flexibility index (Phi) is 5.27. The van der Waals surface area contributed by atoms with Gasteiger partial charge in [0, 0.05) is 17.7 Å². The summed E-state index contributed by atoms with van der Waals surface area (Å²) in [5.74, 6) is 1.32. The molecule has 0 bridgehead atoms. The molecule has 0 aliphatic rings. The first-order valence-corrected chi connectivity index (χ1v) is 8.37. The molecule has 7 heteroatoms. The number of ether oxygens (including phenoxy) is 2. The lowest BCUT2D eigenvalue weighted by molar-refractivity contribution is -0.0156. The number of rotatable bonds is 6. The zero-order valence-corrected chi connectivity index (χ0v) is 15.3. The zero-order valence-electron chi connectivity index (χ0n) is 13.8. The van der Waals surface area contributed by atoms with E-state index < -0.39 is 5.60 Å². The molecule has 0 aliphatic carbocycles. The summed E-state index contributed by atoms with van der Waals surface area (Å²) in [6.07, 6.45) is 3.13. The van der Waals surface area contributed by atoms with Crippen molar-refractivity contribution in [2.45, 2.75) is 19.1 Å². The Morgan fingerprint density at radius 3 is 2.40 bits per heavy atom.